The Morgan fingerprint density at radius 2 is 2.00 bits per heavy atom. The van der Waals surface area contributed by atoms with Crippen LogP contribution < -0.4 is 10.5 Å². The predicted molar refractivity (Wildman–Crippen MR) is 64.3 cm³/mol. The molecule has 4 heteroatoms. The molecule has 0 saturated heterocycles. The molecule has 2 rings (SSSR count). The van der Waals surface area contributed by atoms with E-state index in [0.717, 1.165) is 23.6 Å². The lowest BCUT2D eigenvalue weighted by Gasteiger charge is -2.05. The summed E-state index contributed by atoms with van der Waals surface area (Å²) in [5.41, 5.74) is 7.81. The fraction of sp³-hybridized carbons (Fsp3) is 0.250. The van der Waals surface area contributed by atoms with Crippen molar-refractivity contribution in [1.82, 2.24) is 9.78 Å². The fourth-order valence-corrected chi connectivity index (χ4v) is 1.67. The number of aryl methyl sites for hydroxylation is 1. The minimum Gasteiger partial charge on any atom is -0.497 e. The molecule has 0 saturated carbocycles. The second kappa shape index (κ2) is 4.26. The minimum atomic E-state index is 0.549. The van der Waals surface area contributed by atoms with Gasteiger partial charge in [-0.1, -0.05) is 0 Å². The van der Waals surface area contributed by atoms with Crippen molar-refractivity contribution in [1.29, 1.82) is 0 Å². The summed E-state index contributed by atoms with van der Waals surface area (Å²) < 4.78 is 7.01. The molecule has 0 spiro atoms. The predicted octanol–water partition coefficient (Wildman–Crippen LogP) is 2.16. The first-order valence-corrected chi connectivity index (χ1v) is 5.22. The molecule has 0 unspecified atom stereocenters. The Hall–Kier alpha value is -1.97. The van der Waals surface area contributed by atoms with Crippen LogP contribution in [0.2, 0.25) is 0 Å². The topological polar surface area (TPSA) is 53.1 Å². The zero-order valence-corrected chi connectivity index (χ0v) is 9.47. The highest BCUT2D eigenvalue weighted by molar-refractivity contribution is 5.63. The van der Waals surface area contributed by atoms with Crippen molar-refractivity contribution in [3.63, 3.8) is 0 Å². The highest BCUT2D eigenvalue weighted by Gasteiger charge is 2.06. The van der Waals surface area contributed by atoms with Crippen LogP contribution in [0, 0.1) is 0 Å². The number of methoxy groups -OCH3 is 1. The molecule has 0 amide bonds. The number of benzene rings is 1. The number of nitrogens with two attached hydrogens (primary N) is 1. The first-order valence-electron chi connectivity index (χ1n) is 5.22. The van der Waals surface area contributed by atoms with Crippen molar-refractivity contribution in [2.45, 2.75) is 13.5 Å². The SMILES string of the molecule is CCn1nc(N)cc1-c1ccc(OC)cc1. The van der Waals surface area contributed by atoms with Crippen molar-refractivity contribution in [2.24, 2.45) is 0 Å². The Morgan fingerprint density at radius 3 is 2.56 bits per heavy atom. The molecule has 1 aromatic heterocycles. The molecule has 16 heavy (non-hydrogen) atoms. The minimum absolute atomic E-state index is 0.549. The quantitative estimate of drug-likeness (QED) is 0.857. The number of nitrogen functional groups attached to an aromatic ring is 1. The van der Waals surface area contributed by atoms with Crippen molar-refractivity contribution in [2.75, 3.05) is 12.8 Å². The lowest BCUT2D eigenvalue weighted by atomic mass is 10.1. The highest BCUT2D eigenvalue weighted by atomic mass is 16.5. The zero-order valence-electron chi connectivity index (χ0n) is 9.47. The van der Waals surface area contributed by atoms with E-state index < -0.39 is 0 Å². The Labute approximate surface area is 94.6 Å². The third-order valence-corrected chi connectivity index (χ3v) is 2.48. The molecule has 84 valence electrons. The highest BCUT2D eigenvalue weighted by Crippen LogP contribution is 2.23. The summed E-state index contributed by atoms with van der Waals surface area (Å²) in [4.78, 5) is 0. The van der Waals surface area contributed by atoms with Gasteiger partial charge in [0.1, 0.15) is 11.6 Å². The maximum Gasteiger partial charge on any atom is 0.146 e. The van der Waals surface area contributed by atoms with Gasteiger partial charge in [0.05, 0.1) is 12.8 Å². The van der Waals surface area contributed by atoms with E-state index in [1.54, 1.807) is 7.11 Å². The molecule has 4 nitrogen and oxygen atoms in total. The Kier molecular flexibility index (Phi) is 2.81. The molecule has 1 heterocycles. The maximum absolute atomic E-state index is 5.69. The third kappa shape index (κ3) is 1.86. The first kappa shape index (κ1) is 10.5. The number of aromatic nitrogens is 2. The van der Waals surface area contributed by atoms with Gasteiger partial charge in [-0.2, -0.15) is 5.10 Å². The standard InChI is InChI=1S/C12H15N3O/c1-3-15-11(8-12(13)14-15)9-4-6-10(16-2)7-5-9/h4-8H,3H2,1-2H3,(H2,13,14). The molecule has 0 radical (unpaired) electrons. The number of anilines is 1. The van der Waals surface area contributed by atoms with Gasteiger partial charge < -0.3 is 10.5 Å². The first-order chi connectivity index (χ1) is 7.74. The van der Waals surface area contributed by atoms with Crippen molar-refractivity contribution in [3.05, 3.63) is 30.3 Å². The lowest BCUT2D eigenvalue weighted by Crippen LogP contribution is -1.99. The van der Waals surface area contributed by atoms with Crippen LogP contribution in [0.3, 0.4) is 0 Å². The van der Waals surface area contributed by atoms with E-state index in [4.69, 9.17) is 10.5 Å². The zero-order chi connectivity index (χ0) is 11.5. The van der Waals surface area contributed by atoms with Gasteiger partial charge in [-0.3, -0.25) is 4.68 Å². The molecule has 0 aliphatic heterocycles. The second-order valence-corrected chi connectivity index (χ2v) is 3.50. The van der Waals surface area contributed by atoms with Gasteiger partial charge in [0.2, 0.25) is 0 Å². The van der Waals surface area contributed by atoms with E-state index in [9.17, 15) is 0 Å². The van der Waals surface area contributed by atoms with E-state index in [0.29, 0.717) is 5.82 Å². The van der Waals surface area contributed by atoms with Gasteiger partial charge in [0, 0.05) is 18.2 Å². The van der Waals surface area contributed by atoms with Crippen LogP contribution in [0.4, 0.5) is 5.82 Å². The molecule has 2 N–H and O–H groups in total. The van der Waals surface area contributed by atoms with E-state index in [1.807, 2.05) is 41.9 Å². The molecule has 0 fully saturated rings. The van der Waals surface area contributed by atoms with Gasteiger partial charge in [-0.15, -0.1) is 0 Å². The summed E-state index contributed by atoms with van der Waals surface area (Å²) in [5.74, 6) is 1.40. The fourth-order valence-electron chi connectivity index (χ4n) is 1.67. The lowest BCUT2D eigenvalue weighted by molar-refractivity contribution is 0.415. The summed E-state index contributed by atoms with van der Waals surface area (Å²) in [5, 5.41) is 4.21. The summed E-state index contributed by atoms with van der Waals surface area (Å²) >= 11 is 0. The molecule has 1 aromatic carbocycles. The molecule has 2 aromatic rings. The molecule has 0 aliphatic rings. The van der Waals surface area contributed by atoms with Crippen molar-refractivity contribution < 1.29 is 4.74 Å². The van der Waals surface area contributed by atoms with Crippen LogP contribution in [-0.4, -0.2) is 16.9 Å². The molecular weight excluding hydrogens is 202 g/mol. The molecule has 0 bridgehead atoms. The number of ether oxygens (including phenoxy) is 1. The van der Waals surface area contributed by atoms with Crippen LogP contribution >= 0.6 is 0 Å². The molecule has 0 aliphatic carbocycles. The van der Waals surface area contributed by atoms with E-state index in [2.05, 4.69) is 5.10 Å². The Balaban J connectivity index is 2.41. The Bertz CT molecular complexity index is 474. The maximum atomic E-state index is 5.69. The van der Waals surface area contributed by atoms with Gasteiger partial charge in [0.15, 0.2) is 0 Å². The van der Waals surface area contributed by atoms with Gasteiger partial charge in [0.25, 0.3) is 0 Å². The van der Waals surface area contributed by atoms with Crippen LogP contribution in [0.15, 0.2) is 30.3 Å². The number of hydrogen-bond donors (Lipinski definition) is 1. The smallest absolute Gasteiger partial charge is 0.146 e. The summed E-state index contributed by atoms with van der Waals surface area (Å²) in [6.07, 6.45) is 0. The Morgan fingerprint density at radius 1 is 1.31 bits per heavy atom. The van der Waals surface area contributed by atoms with E-state index in [1.165, 1.54) is 0 Å². The normalized spacial score (nSPS) is 10.4. The number of hydrogen-bond acceptors (Lipinski definition) is 3. The summed E-state index contributed by atoms with van der Waals surface area (Å²) in [6.45, 7) is 2.85. The average molecular weight is 217 g/mol. The number of rotatable bonds is 3. The third-order valence-electron chi connectivity index (χ3n) is 2.48. The van der Waals surface area contributed by atoms with Crippen LogP contribution in [-0.2, 0) is 6.54 Å². The van der Waals surface area contributed by atoms with Gasteiger partial charge >= 0.3 is 0 Å². The monoisotopic (exact) mass is 217 g/mol. The second-order valence-electron chi connectivity index (χ2n) is 3.50. The molecule has 0 atom stereocenters. The summed E-state index contributed by atoms with van der Waals surface area (Å²) in [6, 6.07) is 9.74. The van der Waals surface area contributed by atoms with Crippen LogP contribution in [0.25, 0.3) is 11.3 Å². The molecular formula is C12H15N3O. The average Bonchev–Trinajstić information content (AvgIpc) is 2.70. The summed E-state index contributed by atoms with van der Waals surface area (Å²) in [7, 11) is 1.66. The van der Waals surface area contributed by atoms with Crippen molar-refractivity contribution in [3.8, 4) is 17.0 Å². The van der Waals surface area contributed by atoms with Crippen LogP contribution in [0.5, 0.6) is 5.75 Å². The number of nitrogens with zero attached hydrogens (tertiary/aromatic N) is 2. The van der Waals surface area contributed by atoms with E-state index in [-0.39, 0.29) is 0 Å². The van der Waals surface area contributed by atoms with Gasteiger partial charge in [-0.05, 0) is 31.2 Å². The largest absolute Gasteiger partial charge is 0.497 e. The van der Waals surface area contributed by atoms with Crippen molar-refractivity contribution >= 4 is 5.82 Å². The van der Waals surface area contributed by atoms with E-state index >= 15 is 0 Å². The van der Waals surface area contributed by atoms with Crippen LogP contribution in [0.1, 0.15) is 6.92 Å². The van der Waals surface area contributed by atoms with Gasteiger partial charge in [-0.25, -0.2) is 0 Å².